The van der Waals surface area contributed by atoms with Gasteiger partial charge in [-0.05, 0) is 38.5 Å². The van der Waals surface area contributed by atoms with E-state index in [1.54, 1.807) is 0 Å². The molecule has 5 N–H and O–H groups in total. The molecule has 0 spiro atoms. The summed E-state index contributed by atoms with van der Waals surface area (Å²) < 4.78 is 0. The fourth-order valence-electron chi connectivity index (χ4n) is 4.22. The molecule has 0 aliphatic rings. The first-order valence-electron chi connectivity index (χ1n) is 14.9. The molecule has 0 aromatic carbocycles. The minimum absolute atomic E-state index is 0. The minimum atomic E-state index is -0.676. The molecule has 0 aromatic heterocycles. The van der Waals surface area contributed by atoms with Crippen LogP contribution in [0.2, 0.25) is 0 Å². The largest absolute Gasteiger partial charge is 0.481 e. The van der Waals surface area contributed by atoms with E-state index in [1.807, 2.05) is 6.92 Å². The van der Waals surface area contributed by atoms with Crippen molar-refractivity contribution in [3.63, 3.8) is 0 Å². The smallest absolute Gasteiger partial charge is 0.303 e. The van der Waals surface area contributed by atoms with Gasteiger partial charge in [0.15, 0.2) is 0 Å². The molecule has 0 radical (unpaired) electrons. The molecule has 0 heterocycles. The SMILES string of the molecule is CC(C)CCNC=O.CCCCCCCCCCCC(C)(O)CCCCCCCCCCC(=O)O.O.[W]. The number of aliphatic carboxylic acids is 1. The topological polar surface area (TPSA) is 118 Å². The predicted molar refractivity (Wildman–Crippen MR) is 153 cm³/mol. The summed E-state index contributed by atoms with van der Waals surface area (Å²) in [6.07, 6.45) is 25.1. The van der Waals surface area contributed by atoms with Crippen molar-refractivity contribution < 1.29 is 46.3 Å². The molecule has 6 nitrogen and oxygen atoms in total. The molecule has 0 rings (SSSR count). The molecule has 0 aromatic rings. The maximum atomic E-state index is 10.5. The van der Waals surface area contributed by atoms with E-state index >= 15 is 0 Å². The van der Waals surface area contributed by atoms with Crippen LogP contribution in [-0.2, 0) is 30.7 Å². The van der Waals surface area contributed by atoms with Crippen LogP contribution in [0.4, 0.5) is 0 Å². The van der Waals surface area contributed by atoms with Crippen LogP contribution in [0, 0.1) is 5.92 Å². The second-order valence-corrected chi connectivity index (χ2v) is 11.1. The summed E-state index contributed by atoms with van der Waals surface area (Å²) in [5.74, 6) is 0.00640. The first kappa shape index (κ1) is 43.6. The van der Waals surface area contributed by atoms with Crippen LogP contribution in [-0.4, -0.2) is 40.2 Å². The molecular weight excluding hydrogens is 638 g/mol. The fraction of sp³-hybridized carbons (Fsp3) is 0.933. The summed E-state index contributed by atoms with van der Waals surface area (Å²) in [7, 11) is 0. The number of carbonyl (C=O) groups excluding carboxylic acids is 1. The Labute approximate surface area is 244 Å². The zero-order chi connectivity index (χ0) is 26.6. The molecule has 0 aliphatic heterocycles. The molecule has 1 atom stereocenters. The molecule has 37 heavy (non-hydrogen) atoms. The predicted octanol–water partition coefficient (Wildman–Crippen LogP) is 7.60. The van der Waals surface area contributed by atoms with Crippen LogP contribution < -0.4 is 5.32 Å². The van der Waals surface area contributed by atoms with Crippen LogP contribution in [0.25, 0.3) is 0 Å². The summed E-state index contributed by atoms with van der Waals surface area (Å²) >= 11 is 0. The van der Waals surface area contributed by atoms with Crippen molar-refractivity contribution in [3.05, 3.63) is 0 Å². The van der Waals surface area contributed by atoms with Crippen molar-refractivity contribution in [3.8, 4) is 0 Å². The van der Waals surface area contributed by atoms with Gasteiger partial charge in [0.05, 0.1) is 5.60 Å². The number of nitrogens with one attached hydrogen (secondary N) is 1. The van der Waals surface area contributed by atoms with Crippen molar-refractivity contribution in [2.45, 2.75) is 168 Å². The molecule has 0 saturated heterocycles. The third-order valence-corrected chi connectivity index (χ3v) is 6.62. The third-order valence-electron chi connectivity index (χ3n) is 6.62. The Kier molecular flexibility index (Phi) is 39.6. The van der Waals surface area contributed by atoms with Gasteiger partial charge in [-0.2, -0.15) is 0 Å². The molecule has 224 valence electrons. The van der Waals surface area contributed by atoms with Gasteiger partial charge in [-0.1, -0.05) is 124 Å². The number of carbonyl (C=O) groups is 2. The Morgan fingerprint density at radius 2 is 1.16 bits per heavy atom. The average molecular weight is 702 g/mol. The number of amides is 1. The van der Waals surface area contributed by atoms with Crippen LogP contribution in [0.5, 0.6) is 0 Å². The van der Waals surface area contributed by atoms with Crippen molar-refractivity contribution in [2.75, 3.05) is 6.54 Å². The number of hydrogen-bond acceptors (Lipinski definition) is 3. The van der Waals surface area contributed by atoms with Crippen molar-refractivity contribution >= 4 is 12.4 Å². The standard InChI is InChI=1S/C24H48O3.C6H13NO.H2O.W/c1-3-4-5-6-7-9-12-15-18-21-24(2,27)22-19-16-13-10-8-11-14-17-20-23(25)26;1-6(2)3-4-7-5-8;;/h27H,3-22H2,1-2H3,(H,25,26);5-6H,3-4H2,1-2H3,(H,7,8);1H2;. The number of aliphatic hydroxyl groups is 1. The van der Waals surface area contributed by atoms with Crippen LogP contribution in [0.1, 0.15) is 163 Å². The quantitative estimate of drug-likeness (QED) is 0.0672. The van der Waals surface area contributed by atoms with Gasteiger partial charge in [0.25, 0.3) is 0 Å². The van der Waals surface area contributed by atoms with Crippen LogP contribution in [0.15, 0.2) is 0 Å². The molecule has 0 bridgehead atoms. The Hall–Kier alpha value is -0.452. The summed E-state index contributed by atoms with van der Waals surface area (Å²) in [6, 6.07) is 0. The summed E-state index contributed by atoms with van der Waals surface area (Å²) in [5, 5.41) is 21.7. The number of unbranched alkanes of at least 4 members (excludes halogenated alkanes) is 15. The second-order valence-electron chi connectivity index (χ2n) is 11.1. The molecule has 0 aliphatic carbocycles. The van der Waals surface area contributed by atoms with Crippen molar-refractivity contribution in [1.29, 1.82) is 0 Å². The van der Waals surface area contributed by atoms with E-state index < -0.39 is 11.6 Å². The minimum Gasteiger partial charge on any atom is -0.481 e. The third kappa shape index (κ3) is 42.9. The van der Waals surface area contributed by atoms with Gasteiger partial charge in [-0.3, -0.25) is 9.59 Å². The first-order chi connectivity index (χ1) is 16.7. The summed E-state index contributed by atoms with van der Waals surface area (Å²) in [4.78, 5) is 20.1. The van der Waals surface area contributed by atoms with E-state index in [4.69, 9.17) is 5.11 Å². The van der Waals surface area contributed by atoms with Gasteiger partial charge in [-0.25, -0.2) is 0 Å². The van der Waals surface area contributed by atoms with Crippen LogP contribution in [0.3, 0.4) is 0 Å². The maximum absolute atomic E-state index is 10.5. The molecule has 7 heteroatoms. The molecule has 0 fully saturated rings. The van der Waals surface area contributed by atoms with Gasteiger partial charge in [0.1, 0.15) is 0 Å². The van der Waals surface area contributed by atoms with E-state index in [0.717, 1.165) is 64.3 Å². The molecule has 1 amide bonds. The van der Waals surface area contributed by atoms with E-state index in [-0.39, 0.29) is 26.5 Å². The first-order valence-corrected chi connectivity index (χ1v) is 14.9. The Morgan fingerprint density at radius 3 is 1.51 bits per heavy atom. The Balaban J connectivity index is -0.000000469. The molecule has 0 saturated carbocycles. The van der Waals surface area contributed by atoms with Crippen LogP contribution >= 0.6 is 0 Å². The van der Waals surface area contributed by atoms with E-state index in [0.29, 0.717) is 12.3 Å². The van der Waals surface area contributed by atoms with Gasteiger partial charge in [-0.15, -0.1) is 0 Å². The average Bonchev–Trinajstić information content (AvgIpc) is 2.79. The van der Waals surface area contributed by atoms with Gasteiger partial charge < -0.3 is 21.0 Å². The van der Waals surface area contributed by atoms with Crippen molar-refractivity contribution in [2.24, 2.45) is 5.92 Å². The zero-order valence-corrected chi connectivity index (χ0v) is 27.8. The number of carboxylic acid groups (broad SMARTS) is 1. The monoisotopic (exact) mass is 701 g/mol. The molecule has 1 unspecified atom stereocenters. The normalized spacial score (nSPS) is 11.9. The van der Waals surface area contributed by atoms with Gasteiger partial charge >= 0.3 is 5.97 Å². The number of rotatable bonds is 25. The van der Waals surface area contributed by atoms with Gasteiger partial charge in [0.2, 0.25) is 6.41 Å². The van der Waals surface area contributed by atoms with Gasteiger partial charge in [0, 0.05) is 34.0 Å². The Bertz CT molecular complexity index is 461. The fourth-order valence-corrected chi connectivity index (χ4v) is 4.22. The molecular formula is C30H63NO5W. The number of hydrogen-bond donors (Lipinski definition) is 3. The van der Waals surface area contributed by atoms with E-state index in [1.165, 1.54) is 77.0 Å². The van der Waals surface area contributed by atoms with E-state index in [2.05, 4.69) is 26.1 Å². The zero-order valence-electron chi connectivity index (χ0n) is 24.8. The van der Waals surface area contributed by atoms with Crippen molar-refractivity contribution in [1.82, 2.24) is 5.32 Å². The van der Waals surface area contributed by atoms with E-state index in [9.17, 15) is 14.7 Å². The Morgan fingerprint density at radius 1 is 0.784 bits per heavy atom. The summed E-state index contributed by atoms with van der Waals surface area (Å²) in [5.41, 5.74) is -0.474. The number of carboxylic acids is 1. The maximum Gasteiger partial charge on any atom is 0.303 e. The summed E-state index contributed by atoms with van der Waals surface area (Å²) in [6.45, 7) is 9.35. The second kappa shape index (κ2) is 33.6.